The Labute approximate surface area is 126 Å². The zero-order chi connectivity index (χ0) is 15.3. The van der Waals surface area contributed by atoms with Gasteiger partial charge in [0.25, 0.3) is 0 Å². The highest BCUT2D eigenvalue weighted by molar-refractivity contribution is 7.90. The van der Waals surface area contributed by atoms with Crippen LogP contribution in [-0.2, 0) is 16.4 Å². The minimum absolute atomic E-state index is 0.155. The van der Waals surface area contributed by atoms with Gasteiger partial charge in [0.05, 0.1) is 11.4 Å². The van der Waals surface area contributed by atoms with Crippen LogP contribution in [0, 0.1) is 0 Å². The van der Waals surface area contributed by atoms with Crippen LogP contribution in [0.3, 0.4) is 0 Å². The number of thiazole rings is 1. The van der Waals surface area contributed by atoms with Crippen molar-refractivity contribution in [2.75, 3.05) is 37.0 Å². The number of rotatable bonds is 8. The van der Waals surface area contributed by atoms with Crippen LogP contribution in [0.4, 0.5) is 5.13 Å². The molecule has 0 aliphatic heterocycles. The van der Waals surface area contributed by atoms with Gasteiger partial charge in [0, 0.05) is 31.3 Å². The van der Waals surface area contributed by atoms with E-state index in [0.29, 0.717) is 12.5 Å². The van der Waals surface area contributed by atoms with Crippen LogP contribution in [0.2, 0.25) is 0 Å². The third kappa shape index (κ3) is 5.38. The van der Waals surface area contributed by atoms with E-state index in [2.05, 4.69) is 31.1 Å². The van der Waals surface area contributed by atoms with Crippen molar-refractivity contribution in [3.63, 3.8) is 0 Å². The van der Waals surface area contributed by atoms with Crippen molar-refractivity contribution in [1.29, 1.82) is 0 Å². The molecule has 0 amide bonds. The minimum atomic E-state index is -2.94. The van der Waals surface area contributed by atoms with E-state index in [9.17, 15) is 8.42 Å². The molecule has 0 aromatic carbocycles. The Morgan fingerprint density at radius 1 is 1.40 bits per heavy atom. The summed E-state index contributed by atoms with van der Waals surface area (Å²) in [5.74, 6) is 0.528. The van der Waals surface area contributed by atoms with Crippen LogP contribution in [0.5, 0.6) is 0 Å². The van der Waals surface area contributed by atoms with E-state index in [1.165, 1.54) is 11.1 Å². The first-order chi connectivity index (χ1) is 9.24. The maximum absolute atomic E-state index is 11.2. The molecule has 0 saturated heterocycles. The van der Waals surface area contributed by atoms with E-state index < -0.39 is 9.84 Å². The van der Waals surface area contributed by atoms with Crippen LogP contribution in [0.15, 0.2) is 0 Å². The summed E-state index contributed by atoms with van der Waals surface area (Å²) in [6.07, 6.45) is 1.26. The molecule has 7 heteroatoms. The standard InChI is InChI=1S/C13H25N3O2S2/c1-6-14-9-11-12(10(2)3)15-13(19-11)16(4)7-8-20(5,17)18/h10,14H,6-9H2,1-5H3. The van der Waals surface area contributed by atoms with Crippen molar-refractivity contribution in [1.82, 2.24) is 10.3 Å². The van der Waals surface area contributed by atoms with Crippen molar-refractivity contribution in [2.45, 2.75) is 33.2 Å². The topological polar surface area (TPSA) is 62.3 Å². The van der Waals surface area contributed by atoms with E-state index in [-0.39, 0.29) is 5.75 Å². The zero-order valence-corrected chi connectivity index (χ0v) is 14.6. The van der Waals surface area contributed by atoms with Crippen molar-refractivity contribution in [3.05, 3.63) is 10.6 Å². The fraction of sp³-hybridized carbons (Fsp3) is 0.769. The fourth-order valence-corrected chi connectivity index (χ4v) is 3.51. The van der Waals surface area contributed by atoms with Crippen LogP contribution in [0.25, 0.3) is 0 Å². The summed E-state index contributed by atoms with van der Waals surface area (Å²) >= 11 is 1.64. The molecule has 1 rings (SSSR count). The highest BCUT2D eigenvalue weighted by Crippen LogP contribution is 2.30. The Morgan fingerprint density at radius 2 is 2.05 bits per heavy atom. The van der Waals surface area contributed by atoms with E-state index in [4.69, 9.17) is 0 Å². The van der Waals surface area contributed by atoms with Crippen molar-refractivity contribution in [2.24, 2.45) is 0 Å². The molecule has 0 aliphatic rings. The van der Waals surface area contributed by atoms with Gasteiger partial charge in [-0.1, -0.05) is 20.8 Å². The highest BCUT2D eigenvalue weighted by atomic mass is 32.2. The van der Waals surface area contributed by atoms with Gasteiger partial charge >= 0.3 is 0 Å². The molecular weight excluding hydrogens is 294 g/mol. The molecule has 0 spiro atoms. The van der Waals surface area contributed by atoms with Crippen LogP contribution in [-0.4, -0.2) is 45.5 Å². The summed E-state index contributed by atoms with van der Waals surface area (Å²) in [6.45, 7) is 8.56. The van der Waals surface area contributed by atoms with Crippen LogP contribution in [0.1, 0.15) is 37.3 Å². The molecular formula is C13H25N3O2S2. The first-order valence-electron chi connectivity index (χ1n) is 6.83. The van der Waals surface area contributed by atoms with Crippen molar-refractivity contribution >= 4 is 26.3 Å². The molecule has 1 aromatic rings. The molecule has 116 valence electrons. The molecule has 0 saturated carbocycles. The monoisotopic (exact) mass is 319 g/mol. The normalized spacial score (nSPS) is 12.1. The predicted molar refractivity (Wildman–Crippen MR) is 86.6 cm³/mol. The summed E-state index contributed by atoms with van der Waals surface area (Å²) in [5, 5.41) is 4.22. The van der Waals surface area contributed by atoms with Gasteiger partial charge in [0.1, 0.15) is 9.84 Å². The number of hydrogen-bond donors (Lipinski definition) is 1. The molecule has 1 N–H and O–H groups in total. The largest absolute Gasteiger partial charge is 0.350 e. The number of anilines is 1. The number of hydrogen-bond acceptors (Lipinski definition) is 6. The van der Waals surface area contributed by atoms with Gasteiger partial charge in [-0.3, -0.25) is 0 Å². The summed E-state index contributed by atoms with van der Waals surface area (Å²) in [5.41, 5.74) is 1.11. The smallest absolute Gasteiger partial charge is 0.185 e. The molecule has 1 aromatic heterocycles. The number of nitrogens with zero attached hydrogens (tertiary/aromatic N) is 2. The third-order valence-corrected chi connectivity index (χ3v) is 5.03. The minimum Gasteiger partial charge on any atom is -0.350 e. The Bertz CT molecular complexity index is 524. The van der Waals surface area contributed by atoms with Crippen LogP contribution >= 0.6 is 11.3 Å². The van der Waals surface area contributed by atoms with Gasteiger partial charge in [-0.25, -0.2) is 13.4 Å². The molecule has 0 bridgehead atoms. The number of nitrogens with one attached hydrogen (secondary N) is 1. The lowest BCUT2D eigenvalue weighted by Gasteiger charge is -2.14. The fourth-order valence-electron chi connectivity index (χ4n) is 1.73. The Balaban J connectivity index is 2.84. The average Bonchev–Trinajstić information content (AvgIpc) is 2.76. The third-order valence-electron chi connectivity index (χ3n) is 2.92. The van der Waals surface area contributed by atoms with Gasteiger partial charge in [-0.15, -0.1) is 11.3 Å². The molecule has 0 atom stereocenters. The van der Waals surface area contributed by atoms with E-state index >= 15 is 0 Å². The molecule has 0 aliphatic carbocycles. The quantitative estimate of drug-likeness (QED) is 0.792. The molecule has 5 nitrogen and oxygen atoms in total. The second-order valence-electron chi connectivity index (χ2n) is 5.29. The Kier molecular flexibility index (Phi) is 6.42. The van der Waals surface area contributed by atoms with Gasteiger partial charge in [-0.05, 0) is 12.5 Å². The zero-order valence-electron chi connectivity index (χ0n) is 12.9. The van der Waals surface area contributed by atoms with E-state index in [1.54, 1.807) is 11.3 Å². The molecule has 0 fully saturated rings. The molecule has 1 heterocycles. The molecule has 0 radical (unpaired) electrons. The average molecular weight is 319 g/mol. The van der Waals surface area contributed by atoms with Gasteiger partial charge in [0.2, 0.25) is 0 Å². The molecule has 20 heavy (non-hydrogen) atoms. The summed E-state index contributed by atoms with van der Waals surface area (Å²) in [4.78, 5) is 7.84. The number of sulfone groups is 1. The highest BCUT2D eigenvalue weighted by Gasteiger charge is 2.17. The second kappa shape index (κ2) is 7.38. The lowest BCUT2D eigenvalue weighted by atomic mass is 10.1. The van der Waals surface area contributed by atoms with Crippen molar-refractivity contribution < 1.29 is 8.42 Å². The summed E-state index contributed by atoms with van der Waals surface area (Å²) in [7, 11) is -1.04. The Morgan fingerprint density at radius 3 is 2.55 bits per heavy atom. The number of aromatic nitrogens is 1. The van der Waals surface area contributed by atoms with Crippen LogP contribution < -0.4 is 10.2 Å². The van der Waals surface area contributed by atoms with Crippen molar-refractivity contribution in [3.8, 4) is 0 Å². The van der Waals surface area contributed by atoms with Gasteiger partial charge < -0.3 is 10.2 Å². The van der Waals surface area contributed by atoms with Gasteiger partial charge in [-0.2, -0.15) is 0 Å². The first kappa shape index (κ1) is 17.4. The maximum atomic E-state index is 11.2. The lowest BCUT2D eigenvalue weighted by Crippen LogP contribution is -2.24. The molecule has 0 unspecified atom stereocenters. The predicted octanol–water partition coefficient (Wildman–Crippen LogP) is 1.86. The second-order valence-corrected chi connectivity index (χ2v) is 8.61. The van der Waals surface area contributed by atoms with E-state index in [1.807, 2.05) is 11.9 Å². The summed E-state index contributed by atoms with van der Waals surface area (Å²) in [6, 6.07) is 0. The lowest BCUT2D eigenvalue weighted by molar-refractivity contribution is 0.601. The first-order valence-corrected chi connectivity index (χ1v) is 9.71. The maximum Gasteiger partial charge on any atom is 0.185 e. The summed E-state index contributed by atoms with van der Waals surface area (Å²) < 4.78 is 22.5. The van der Waals surface area contributed by atoms with Gasteiger partial charge in [0.15, 0.2) is 5.13 Å². The van der Waals surface area contributed by atoms with E-state index in [0.717, 1.165) is 23.9 Å². The SMILES string of the molecule is CCNCc1sc(N(C)CCS(C)(=O)=O)nc1C(C)C. The Hall–Kier alpha value is -0.660.